The van der Waals surface area contributed by atoms with E-state index in [9.17, 15) is 0 Å². The van der Waals surface area contributed by atoms with Gasteiger partial charge in [0.2, 0.25) is 5.95 Å². The van der Waals surface area contributed by atoms with Gasteiger partial charge in [0, 0.05) is 6.54 Å². The van der Waals surface area contributed by atoms with E-state index in [0.29, 0.717) is 23.8 Å². The second-order valence-electron chi connectivity index (χ2n) is 5.34. The van der Waals surface area contributed by atoms with E-state index in [4.69, 9.17) is 10.00 Å². The van der Waals surface area contributed by atoms with Crippen molar-refractivity contribution in [1.29, 1.82) is 5.26 Å². The van der Waals surface area contributed by atoms with E-state index < -0.39 is 0 Å². The van der Waals surface area contributed by atoms with Crippen molar-refractivity contribution in [2.75, 3.05) is 12.4 Å². The fourth-order valence-corrected chi connectivity index (χ4v) is 2.56. The molecule has 2 N–H and O–H groups in total. The lowest BCUT2D eigenvalue weighted by atomic mass is 10.2. The van der Waals surface area contributed by atoms with Crippen molar-refractivity contribution in [2.24, 2.45) is 0 Å². The Balaban J connectivity index is 1.57. The van der Waals surface area contributed by atoms with Gasteiger partial charge in [-0.3, -0.25) is 5.10 Å². The Bertz CT molecular complexity index is 1050. The van der Waals surface area contributed by atoms with Crippen LogP contribution >= 0.6 is 0 Å². The molecule has 0 spiro atoms. The summed E-state index contributed by atoms with van der Waals surface area (Å²) in [5, 5.41) is 15.4. The van der Waals surface area contributed by atoms with Gasteiger partial charge in [0.1, 0.15) is 5.75 Å². The van der Waals surface area contributed by atoms with E-state index in [1.54, 1.807) is 23.8 Å². The summed E-state index contributed by atoms with van der Waals surface area (Å²) in [6.07, 6.45) is 0. The normalized spacial score (nSPS) is 10.8. The minimum absolute atomic E-state index is 0.567. The van der Waals surface area contributed by atoms with Crippen molar-refractivity contribution >= 4 is 22.8 Å². The molecule has 0 saturated heterocycles. The number of H-pyrrole nitrogens is 1. The van der Waals surface area contributed by atoms with Crippen LogP contribution < -0.4 is 10.1 Å². The molecule has 4 rings (SSSR count). The molecular weight excluding hydrogens is 304 g/mol. The SMILES string of the molecule is COc1ccc(CNc2nc3nc4cc(C#N)ccc4n3[nH]2)cc1. The van der Waals surface area contributed by atoms with Crippen molar-refractivity contribution in [1.82, 2.24) is 19.6 Å². The first-order valence-corrected chi connectivity index (χ1v) is 7.42. The van der Waals surface area contributed by atoms with Crippen LogP contribution in [0.3, 0.4) is 0 Å². The maximum atomic E-state index is 8.95. The predicted molar refractivity (Wildman–Crippen MR) is 89.9 cm³/mol. The van der Waals surface area contributed by atoms with E-state index in [1.807, 2.05) is 30.3 Å². The zero-order valence-electron chi connectivity index (χ0n) is 12.9. The first kappa shape index (κ1) is 14.1. The summed E-state index contributed by atoms with van der Waals surface area (Å²) in [6, 6.07) is 15.3. The third-order valence-electron chi connectivity index (χ3n) is 3.81. The highest BCUT2D eigenvalue weighted by Crippen LogP contribution is 2.18. The van der Waals surface area contributed by atoms with Crippen molar-refractivity contribution < 1.29 is 4.74 Å². The lowest BCUT2D eigenvalue weighted by molar-refractivity contribution is 0.414. The number of ether oxygens (including phenoxy) is 1. The molecule has 0 atom stereocenters. The number of methoxy groups -OCH3 is 1. The van der Waals surface area contributed by atoms with Crippen LogP contribution in [0.4, 0.5) is 5.95 Å². The molecule has 2 aromatic heterocycles. The van der Waals surface area contributed by atoms with Gasteiger partial charge in [-0.1, -0.05) is 12.1 Å². The Morgan fingerprint density at radius 3 is 2.79 bits per heavy atom. The Hall–Kier alpha value is -3.53. The summed E-state index contributed by atoms with van der Waals surface area (Å²) in [4.78, 5) is 8.87. The van der Waals surface area contributed by atoms with Crippen LogP contribution in [0.25, 0.3) is 16.8 Å². The van der Waals surface area contributed by atoms with Crippen molar-refractivity contribution in [3.63, 3.8) is 0 Å². The van der Waals surface area contributed by atoms with Crippen LogP contribution in [0, 0.1) is 11.3 Å². The molecule has 0 radical (unpaired) electrons. The fraction of sp³-hybridized carbons (Fsp3) is 0.118. The van der Waals surface area contributed by atoms with Crippen LogP contribution in [0.1, 0.15) is 11.1 Å². The summed E-state index contributed by atoms with van der Waals surface area (Å²) >= 11 is 0. The Morgan fingerprint density at radius 2 is 2.04 bits per heavy atom. The van der Waals surface area contributed by atoms with E-state index in [-0.39, 0.29) is 0 Å². The number of aromatic amines is 1. The molecule has 0 aliphatic heterocycles. The molecule has 0 aliphatic carbocycles. The van der Waals surface area contributed by atoms with Crippen molar-refractivity contribution in [3.8, 4) is 11.8 Å². The molecule has 0 fully saturated rings. The Morgan fingerprint density at radius 1 is 1.21 bits per heavy atom. The summed E-state index contributed by atoms with van der Waals surface area (Å²) < 4.78 is 6.95. The molecule has 0 unspecified atom stereocenters. The molecule has 7 nitrogen and oxygen atoms in total. The topological polar surface area (TPSA) is 91.0 Å². The zero-order chi connectivity index (χ0) is 16.5. The second kappa shape index (κ2) is 5.59. The highest BCUT2D eigenvalue weighted by Gasteiger charge is 2.10. The maximum Gasteiger partial charge on any atom is 0.253 e. The van der Waals surface area contributed by atoms with Crippen LogP contribution in [-0.2, 0) is 6.54 Å². The van der Waals surface area contributed by atoms with E-state index >= 15 is 0 Å². The number of nitrogens with one attached hydrogen (secondary N) is 2. The molecule has 2 heterocycles. The molecule has 118 valence electrons. The van der Waals surface area contributed by atoms with Crippen LogP contribution in [-0.4, -0.2) is 26.7 Å². The molecule has 7 heteroatoms. The minimum atomic E-state index is 0.567. The zero-order valence-corrected chi connectivity index (χ0v) is 12.9. The average Bonchev–Trinajstić information content (AvgIpc) is 3.17. The third-order valence-corrected chi connectivity index (χ3v) is 3.81. The van der Waals surface area contributed by atoms with Crippen molar-refractivity contribution in [3.05, 3.63) is 53.6 Å². The number of benzene rings is 2. The van der Waals surface area contributed by atoms with Gasteiger partial charge in [-0.05, 0) is 35.9 Å². The quantitative estimate of drug-likeness (QED) is 0.603. The summed E-state index contributed by atoms with van der Waals surface area (Å²) in [5.74, 6) is 2.04. The molecule has 0 bridgehead atoms. The molecule has 4 aromatic rings. The number of aromatic nitrogens is 4. The van der Waals surface area contributed by atoms with E-state index in [1.165, 1.54) is 0 Å². The Kier molecular flexibility index (Phi) is 3.28. The number of anilines is 1. The number of hydrogen-bond donors (Lipinski definition) is 2. The van der Waals surface area contributed by atoms with Gasteiger partial charge in [0.05, 0.1) is 29.8 Å². The monoisotopic (exact) mass is 318 g/mol. The smallest absolute Gasteiger partial charge is 0.253 e. The first-order valence-electron chi connectivity index (χ1n) is 7.42. The number of imidazole rings is 1. The molecule has 0 saturated carbocycles. The van der Waals surface area contributed by atoms with Gasteiger partial charge < -0.3 is 10.1 Å². The third kappa shape index (κ3) is 2.40. The highest BCUT2D eigenvalue weighted by atomic mass is 16.5. The summed E-state index contributed by atoms with van der Waals surface area (Å²) in [7, 11) is 1.65. The van der Waals surface area contributed by atoms with Gasteiger partial charge in [0.25, 0.3) is 5.78 Å². The number of nitriles is 1. The molecule has 24 heavy (non-hydrogen) atoms. The maximum absolute atomic E-state index is 8.95. The largest absolute Gasteiger partial charge is 0.497 e. The van der Waals surface area contributed by atoms with Gasteiger partial charge >= 0.3 is 0 Å². The number of rotatable bonds is 4. The number of nitrogens with zero attached hydrogens (tertiary/aromatic N) is 4. The van der Waals surface area contributed by atoms with Gasteiger partial charge in [-0.25, -0.2) is 9.50 Å². The van der Waals surface area contributed by atoms with E-state index in [2.05, 4.69) is 26.5 Å². The molecule has 2 aromatic carbocycles. The molecule has 0 aliphatic rings. The van der Waals surface area contributed by atoms with E-state index in [0.717, 1.165) is 22.3 Å². The predicted octanol–water partition coefficient (Wildman–Crippen LogP) is 2.70. The van der Waals surface area contributed by atoms with Crippen molar-refractivity contribution in [2.45, 2.75) is 6.54 Å². The minimum Gasteiger partial charge on any atom is -0.497 e. The standard InChI is InChI=1S/C17H14N6O/c1-24-13-5-2-11(3-6-13)10-19-16-21-17-20-14-8-12(9-18)4-7-15(14)23(17)22-16/h2-8H,10H2,1H3,(H2,19,20,21,22). The van der Waals surface area contributed by atoms with Crippen LogP contribution in [0.2, 0.25) is 0 Å². The van der Waals surface area contributed by atoms with Crippen LogP contribution in [0.5, 0.6) is 5.75 Å². The Labute approximate surface area is 137 Å². The summed E-state index contributed by atoms with van der Waals surface area (Å²) in [5.41, 5.74) is 3.33. The summed E-state index contributed by atoms with van der Waals surface area (Å²) in [6.45, 7) is 0.636. The van der Waals surface area contributed by atoms with Crippen LogP contribution in [0.15, 0.2) is 42.5 Å². The number of fused-ring (bicyclic) bond motifs is 3. The van der Waals surface area contributed by atoms with Gasteiger partial charge in [0.15, 0.2) is 0 Å². The fourth-order valence-electron chi connectivity index (χ4n) is 2.56. The second-order valence-corrected chi connectivity index (χ2v) is 5.34. The highest BCUT2D eigenvalue weighted by molar-refractivity contribution is 5.80. The average molecular weight is 318 g/mol. The van der Waals surface area contributed by atoms with Gasteiger partial charge in [-0.15, -0.1) is 0 Å². The number of hydrogen-bond acceptors (Lipinski definition) is 5. The molecule has 0 amide bonds. The lowest BCUT2D eigenvalue weighted by Gasteiger charge is -2.04. The first-order chi connectivity index (χ1) is 11.8. The van der Waals surface area contributed by atoms with Gasteiger partial charge in [-0.2, -0.15) is 10.2 Å². The molecular formula is C17H14N6O. The lowest BCUT2D eigenvalue weighted by Crippen LogP contribution is -2.01.